The average Bonchev–Trinajstić information content (AvgIpc) is 2.09. The fraction of sp³-hybridized carbons (Fsp3) is 0.556. The molecule has 0 aliphatic carbocycles. The summed E-state index contributed by atoms with van der Waals surface area (Å²) in [4.78, 5) is 21.7. The van der Waals surface area contributed by atoms with Crippen molar-refractivity contribution < 1.29 is 14.7 Å². The molecule has 5 heteroatoms. The highest BCUT2D eigenvalue weighted by atomic mass is 16.4. The molecule has 0 aromatic carbocycles. The maximum absolute atomic E-state index is 11.0. The molecule has 0 saturated heterocycles. The highest BCUT2D eigenvalue weighted by molar-refractivity contribution is 5.82. The number of nitrogens with one attached hydrogen (secondary N) is 2. The Balaban J connectivity index is 4.12. The van der Waals surface area contributed by atoms with E-state index in [9.17, 15) is 9.59 Å². The first-order valence-electron chi connectivity index (χ1n) is 4.19. The normalized spacial score (nSPS) is 11.6. The van der Waals surface area contributed by atoms with Gasteiger partial charge in [0.25, 0.3) is 0 Å². The zero-order valence-electron chi connectivity index (χ0n) is 8.20. The molecule has 78 valence electrons. The molecule has 0 spiro atoms. The SMILES string of the molecule is C#CCNC(=O)N[C@H](C(=O)O)C(C)C. The summed E-state index contributed by atoms with van der Waals surface area (Å²) in [6.07, 6.45) is 4.92. The van der Waals surface area contributed by atoms with E-state index in [4.69, 9.17) is 11.5 Å². The summed E-state index contributed by atoms with van der Waals surface area (Å²) >= 11 is 0. The number of carbonyl (C=O) groups excluding carboxylic acids is 1. The molecule has 0 unspecified atom stereocenters. The van der Waals surface area contributed by atoms with Gasteiger partial charge >= 0.3 is 12.0 Å². The van der Waals surface area contributed by atoms with Gasteiger partial charge in [0.05, 0.1) is 6.54 Å². The Morgan fingerprint density at radius 1 is 1.50 bits per heavy atom. The van der Waals surface area contributed by atoms with Crippen LogP contribution in [0.5, 0.6) is 0 Å². The monoisotopic (exact) mass is 198 g/mol. The lowest BCUT2D eigenvalue weighted by Crippen LogP contribution is -2.48. The van der Waals surface area contributed by atoms with E-state index in [2.05, 4.69) is 16.6 Å². The van der Waals surface area contributed by atoms with E-state index in [-0.39, 0.29) is 12.5 Å². The minimum absolute atomic E-state index is 0.0796. The molecule has 0 aromatic rings. The van der Waals surface area contributed by atoms with Crippen LogP contribution in [-0.4, -0.2) is 29.7 Å². The first kappa shape index (κ1) is 12.3. The van der Waals surface area contributed by atoms with Crippen molar-refractivity contribution in [2.24, 2.45) is 5.92 Å². The van der Waals surface area contributed by atoms with Crippen LogP contribution in [0, 0.1) is 18.3 Å². The molecule has 5 nitrogen and oxygen atoms in total. The number of amides is 2. The van der Waals surface area contributed by atoms with E-state index >= 15 is 0 Å². The van der Waals surface area contributed by atoms with Crippen molar-refractivity contribution in [1.29, 1.82) is 0 Å². The summed E-state index contributed by atoms with van der Waals surface area (Å²) in [5, 5.41) is 13.4. The van der Waals surface area contributed by atoms with Gasteiger partial charge in [0.1, 0.15) is 6.04 Å². The molecule has 0 aliphatic heterocycles. The summed E-state index contributed by atoms with van der Waals surface area (Å²) < 4.78 is 0. The molecule has 0 bridgehead atoms. The maximum atomic E-state index is 11.0. The molecule has 0 saturated carbocycles. The van der Waals surface area contributed by atoms with E-state index in [1.807, 2.05) is 0 Å². The van der Waals surface area contributed by atoms with Crippen LogP contribution in [0.4, 0.5) is 4.79 Å². The molecular formula is C9H14N2O3. The maximum Gasteiger partial charge on any atom is 0.326 e. The number of carboxylic acids is 1. The third-order valence-corrected chi connectivity index (χ3v) is 1.57. The third-order valence-electron chi connectivity index (χ3n) is 1.57. The Hall–Kier alpha value is -1.70. The fourth-order valence-corrected chi connectivity index (χ4v) is 0.837. The van der Waals surface area contributed by atoms with Gasteiger partial charge in [0.15, 0.2) is 0 Å². The summed E-state index contributed by atoms with van der Waals surface area (Å²) in [5.74, 6) is 0.975. The van der Waals surface area contributed by atoms with Crippen molar-refractivity contribution >= 4 is 12.0 Å². The lowest BCUT2D eigenvalue weighted by molar-refractivity contribution is -0.140. The van der Waals surface area contributed by atoms with Crippen LogP contribution in [0.15, 0.2) is 0 Å². The highest BCUT2D eigenvalue weighted by Gasteiger charge is 2.22. The average molecular weight is 198 g/mol. The molecule has 0 rings (SSSR count). The number of carboxylic acid groups (broad SMARTS) is 1. The third kappa shape index (κ3) is 4.36. The van der Waals surface area contributed by atoms with Crippen LogP contribution >= 0.6 is 0 Å². The minimum Gasteiger partial charge on any atom is -0.480 e. The van der Waals surface area contributed by atoms with Crippen molar-refractivity contribution in [2.75, 3.05) is 6.54 Å². The summed E-state index contributed by atoms with van der Waals surface area (Å²) in [6.45, 7) is 3.50. The van der Waals surface area contributed by atoms with Crippen LogP contribution in [0.25, 0.3) is 0 Å². The molecular weight excluding hydrogens is 184 g/mol. The van der Waals surface area contributed by atoms with Crippen LogP contribution in [-0.2, 0) is 4.79 Å². The fourth-order valence-electron chi connectivity index (χ4n) is 0.837. The molecule has 0 radical (unpaired) electrons. The van der Waals surface area contributed by atoms with Gasteiger partial charge in [-0.3, -0.25) is 0 Å². The second-order valence-electron chi connectivity index (χ2n) is 3.09. The molecule has 0 aliphatic rings. The molecule has 0 heterocycles. The molecule has 14 heavy (non-hydrogen) atoms. The largest absolute Gasteiger partial charge is 0.480 e. The van der Waals surface area contributed by atoms with E-state index < -0.39 is 18.0 Å². The van der Waals surface area contributed by atoms with Gasteiger partial charge in [0, 0.05) is 0 Å². The van der Waals surface area contributed by atoms with Gasteiger partial charge in [-0.25, -0.2) is 9.59 Å². The lowest BCUT2D eigenvalue weighted by Gasteiger charge is -2.17. The Labute approximate surface area is 82.9 Å². The standard InChI is InChI=1S/C9H14N2O3/c1-4-5-10-9(14)11-7(6(2)3)8(12)13/h1,6-7H,5H2,2-3H3,(H,12,13)(H2,10,11,14)/t7-/m0/s1. The molecule has 2 amide bonds. The van der Waals surface area contributed by atoms with E-state index in [1.54, 1.807) is 13.8 Å². The summed E-state index contributed by atoms with van der Waals surface area (Å²) in [7, 11) is 0. The first-order chi connectivity index (χ1) is 6.49. The van der Waals surface area contributed by atoms with Crippen LogP contribution < -0.4 is 10.6 Å². The zero-order chi connectivity index (χ0) is 11.1. The van der Waals surface area contributed by atoms with E-state index in [0.29, 0.717) is 0 Å². The lowest BCUT2D eigenvalue weighted by atomic mass is 10.1. The first-order valence-corrected chi connectivity index (χ1v) is 4.19. The van der Waals surface area contributed by atoms with Crippen LogP contribution in [0.3, 0.4) is 0 Å². The summed E-state index contributed by atoms with van der Waals surface area (Å²) in [5.41, 5.74) is 0. The molecule has 0 aromatic heterocycles. The predicted molar refractivity (Wildman–Crippen MR) is 51.6 cm³/mol. The second-order valence-corrected chi connectivity index (χ2v) is 3.09. The Morgan fingerprint density at radius 3 is 2.43 bits per heavy atom. The smallest absolute Gasteiger partial charge is 0.326 e. The van der Waals surface area contributed by atoms with E-state index in [0.717, 1.165) is 0 Å². The van der Waals surface area contributed by atoms with Gasteiger partial charge in [0.2, 0.25) is 0 Å². The molecule has 1 atom stereocenters. The van der Waals surface area contributed by atoms with Gasteiger partial charge in [-0.2, -0.15) is 0 Å². The number of carbonyl (C=O) groups is 2. The Bertz CT molecular complexity index is 255. The van der Waals surface area contributed by atoms with Crippen molar-refractivity contribution in [3.8, 4) is 12.3 Å². The number of hydrogen-bond acceptors (Lipinski definition) is 2. The van der Waals surface area contributed by atoms with E-state index in [1.165, 1.54) is 0 Å². The second kappa shape index (κ2) is 5.86. The van der Waals surface area contributed by atoms with Gasteiger partial charge in [-0.15, -0.1) is 6.42 Å². The Morgan fingerprint density at radius 2 is 2.07 bits per heavy atom. The Kier molecular flexibility index (Phi) is 5.15. The van der Waals surface area contributed by atoms with Gasteiger partial charge in [-0.1, -0.05) is 19.8 Å². The van der Waals surface area contributed by atoms with Gasteiger partial charge < -0.3 is 15.7 Å². The highest BCUT2D eigenvalue weighted by Crippen LogP contribution is 2.00. The predicted octanol–water partition coefficient (Wildman–Crippen LogP) is 0.0280. The van der Waals surface area contributed by atoms with Crippen LogP contribution in [0.1, 0.15) is 13.8 Å². The molecule has 0 fully saturated rings. The van der Waals surface area contributed by atoms with Crippen molar-refractivity contribution in [3.63, 3.8) is 0 Å². The number of rotatable bonds is 4. The van der Waals surface area contributed by atoms with Crippen LogP contribution in [0.2, 0.25) is 0 Å². The minimum atomic E-state index is -1.06. The molecule has 3 N–H and O–H groups in total. The van der Waals surface area contributed by atoms with Crippen molar-refractivity contribution in [2.45, 2.75) is 19.9 Å². The zero-order valence-corrected chi connectivity index (χ0v) is 8.20. The quantitative estimate of drug-likeness (QED) is 0.557. The number of aliphatic carboxylic acids is 1. The number of hydrogen-bond donors (Lipinski definition) is 3. The number of urea groups is 1. The van der Waals surface area contributed by atoms with Gasteiger partial charge in [-0.05, 0) is 5.92 Å². The number of terminal acetylenes is 1. The van der Waals surface area contributed by atoms with Crippen molar-refractivity contribution in [1.82, 2.24) is 10.6 Å². The van der Waals surface area contributed by atoms with Crippen molar-refractivity contribution in [3.05, 3.63) is 0 Å². The summed E-state index contributed by atoms with van der Waals surface area (Å²) in [6, 6.07) is -1.46. The topological polar surface area (TPSA) is 78.4 Å².